The number of benzene rings is 1. The molecule has 22 heavy (non-hydrogen) atoms. The Hall–Kier alpha value is -2.50. The summed E-state index contributed by atoms with van der Waals surface area (Å²) in [4.78, 5) is 14.2. The molecule has 0 bridgehead atoms. The number of anilines is 1. The van der Waals surface area contributed by atoms with Crippen molar-refractivity contribution >= 4 is 11.7 Å². The number of amides is 2. The molecule has 0 fully saturated rings. The number of hydrogen-bond donors (Lipinski definition) is 2. The van der Waals surface area contributed by atoms with Gasteiger partial charge in [-0.2, -0.15) is 0 Å². The third-order valence-corrected chi connectivity index (χ3v) is 3.98. The van der Waals surface area contributed by atoms with E-state index in [9.17, 15) is 9.90 Å². The fourth-order valence-corrected chi connectivity index (χ4v) is 2.72. The molecular formula is C16H19N3O3. The molecule has 0 saturated carbocycles. The van der Waals surface area contributed by atoms with Crippen molar-refractivity contribution in [3.05, 3.63) is 40.8 Å². The molecule has 1 aromatic heterocycles. The van der Waals surface area contributed by atoms with Crippen LogP contribution in [0.3, 0.4) is 0 Å². The molecule has 2 aromatic rings. The average Bonchev–Trinajstić information content (AvgIpc) is 2.86. The maximum absolute atomic E-state index is 12.5. The monoisotopic (exact) mass is 301 g/mol. The molecule has 1 aliphatic rings. The number of rotatable bonds is 2. The van der Waals surface area contributed by atoms with Crippen LogP contribution in [0.2, 0.25) is 0 Å². The van der Waals surface area contributed by atoms with Crippen LogP contribution in [0.4, 0.5) is 10.5 Å². The standard InChI is InChI=1S/C16H19N3O3/c1-3-14-15(10(2)18-22-14)17-16(21)19-7-6-11-4-5-13(20)8-12(11)9-19/h4-5,8,20H,3,6-7,9H2,1-2H3,(H,17,21). The summed E-state index contributed by atoms with van der Waals surface area (Å²) in [6.45, 7) is 4.90. The molecule has 0 aliphatic carbocycles. The van der Waals surface area contributed by atoms with E-state index in [0.717, 1.165) is 12.0 Å². The third-order valence-electron chi connectivity index (χ3n) is 3.98. The highest BCUT2D eigenvalue weighted by atomic mass is 16.5. The number of carbonyl (C=O) groups excluding carboxylic acids is 1. The molecule has 3 rings (SSSR count). The Morgan fingerprint density at radius 1 is 1.45 bits per heavy atom. The van der Waals surface area contributed by atoms with Crippen LogP contribution >= 0.6 is 0 Å². The predicted octanol–water partition coefficient (Wildman–Crippen LogP) is 2.84. The van der Waals surface area contributed by atoms with Crippen molar-refractivity contribution < 1.29 is 14.4 Å². The molecule has 0 radical (unpaired) electrons. The Balaban J connectivity index is 1.75. The highest BCUT2D eigenvalue weighted by Gasteiger charge is 2.23. The zero-order valence-electron chi connectivity index (χ0n) is 12.7. The topological polar surface area (TPSA) is 78.6 Å². The van der Waals surface area contributed by atoms with E-state index in [-0.39, 0.29) is 11.8 Å². The van der Waals surface area contributed by atoms with Gasteiger partial charge < -0.3 is 19.8 Å². The number of fused-ring (bicyclic) bond motifs is 1. The first kappa shape index (κ1) is 14.4. The Bertz CT molecular complexity index is 709. The number of aromatic hydroxyl groups is 1. The SMILES string of the molecule is CCc1onc(C)c1NC(=O)N1CCc2ccc(O)cc2C1. The van der Waals surface area contributed by atoms with Crippen LogP contribution in [-0.2, 0) is 19.4 Å². The summed E-state index contributed by atoms with van der Waals surface area (Å²) in [5.41, 5.74) is 3.51. The number of aromatic nitrogens is 1. The van der Waals surface area contributed by atoms with Crippen molar-refractivity contribution in [3.63, 3.8) is 0 Å². The summed E-state index contributed by atoms with van der Waals surface area (Å²) in [6.07, 6.45) is 1.46. The van der Waals surface area contributed by atoms with Gasteiger partial charge in [-0.25, -0.2) is 4.79 Å². The Kier molecular flexibility index (Phi) is 3.75. The number of urea groups is 1. The van der Waals surface area contributed by atoms with Gasteiger partial charge in [-0.3, -0.25) is 0 Å². The molecule has 6 nitrogen and oxygen atoms in total. The number of aryl methyl sites for hydroxylation is 2. The van der Waals surface area contributed by atoms with E-state index in [1.54, 1.807) is 17.0 Å². The van der Waals surface area contributed by atoms with Crippen LogP contribution in [0.15, 0.2) is 22.7 Å². The molecule has 6 heteroatoms. The van der Waals surface area contributed by atoms with Gasteiger partial charge in [0.25, 0.3) is 0 Å². The van der Waals surface area contributed by atoms with E-state index in [1.165, 1.54) is 5.56 Å². The lowest BCUT2D eigenvalue weighted by Crippen LogP contribution is -2.39. The molecule has 1 aliphatic heterocycles. The molecular weight excluding hydrogens is 282 g/mol. The summed E-state index contributed by atoms with van der Waals surface area (Å²) in [6, 6.07) is 5.15. The Morgan fingerprint density at radius 2 is 2.27 bits per heavy atom. The van der Waals surface area contributed by atoms with Gasteiger partial charge in [0.2, 0.25) is 0 Å². The highest BCUT2D eigenvalue weighted by molar-refractivity contribution is 5.90. The number of carbonyl (C=O) groups is 1. The lowest BCUT2D eigenvalue weighted by atomic mass is 10.00. The maximum Gasteiger partial charge on any atom is 0.322 e. The zero-order chi connectivity index (χ0) is 15.7. The normalized spacial score (nSPS) is 13.8. The summed E-state index contributed by atoms with van der Waals surface area (Å²) in [5.74, 6) is 0.907. The number of nitrogens with zero attached hydrogens (tertiary/aromatic N) is 2. The molecule has 2 N–H and O–H groups in total. The third kappa shape index (κ3) is 2.64. The minimum absolute atomic E-state index is 0.171. The number of nitrogens with one attached hydrogen (secondary N) is 1. The first-order valence-electron chi connectivity index (χ1n) is 7.40. The van der Waals surface area contributed by atoms with Gasteiger partial charge in [-0.15, -0.1) is 0 Å². The molecule has 0 saturated heterocycles. The van der Waals surface area contributed by atoms with Crippen LogP contribution < -0.4 is 5.32 Å². The summed E-state index contributed by atoms with van der Waals surface area (Å²) in [7, 11) is 0. The fourth-order valence-electron chi connectivity index (χ4n) is 2.72. The van der Waals surface area contributed by atoms with Gasteiger partial charge in [0, 0.05) is 19.5 Å². The smallest absolute Gasteiger partial charge is 0.322 e. The molecule has 2 heterocycles. The second kappa shape index (κ2) is 5.71. The lowest BCUT2D eigenvalue weighted by Gasteiger charge is -2.29. The molecule has 0 spiro atoms. The van der Waals surface area contributed by atoms with Crippen molar-refractivity contribution in [1.29, 1.82) is 0 Å². The van der Waals surface area contributed by atoms with Crippen LogP contribution in [0, 0.1) is 6.92 Å². The number of hydrogen-bond acceptors (Lipinski definition) is 4. The van der Waals surface area contributed by atoms with Gasteiger partial charge >= 0.3 is 6.03 Å². The van der Waals surface area contributed by atoms with E-state index in [2.05, 4.69) is 10.5 Å². The van der Waals surface area contributed by atoms with E-state index in [1.807, 2.05) is 19.9 Å². The zero-order valence-corrected chi connectivity index (χ0v) is 12.7. The van der Waals surface area contributed by atoms with E-state index >= 15 is 0 Å². The van der Waals surface area contributed by atoms with Gasteiger partial charge in [0.15, 0.2) is 5.76 Å². The van der Waals surface area contributed by atoms with Crippen LogP contribution in [-0.4, -0.2) is 27.7 Å². The van der Waals surface area contributed by atoms with Gasteiger partial charge in [-0.05, 0) is 36.6 Å². The lowest BCUT2D eigenvalue weighted by molar-refractivity contribution is 0.206. The largest absolute Gasteiger partial charge is 0.508 e. The molecule has 116 valence electrons. The number of phenolic OH excluding ortho intramolecular Hbond substituents is 1. The van der Waals surface area contributed by atoms with Gasteiger partial charge in [0.1, 0.15) is 17.1 Å². The van der Waals surface area contributed by atoms with Gasteiger partial charge in [0.05, 0.1) is 0 Å². The van der Waals surface area contributed by atoms with E-state index in [4.69, 9.17) is 4.52 Å². The van der Waals surface area contributed by atoms with Crippen molar-refractivity contribution in [2.24, 2.45) is 0 Å². The van der Waals surface area contributed by atoms with Gasteiger partial charge in [-0.1, -0.05) is 18.1 Å². The minimum Gasteiger partial charge on any atom is -0.508 e. The summed E-state index contributed by atoms with van der Waals surface area (Å²) < 4.78 is 5.19. The highest BCUT2D eigenvalue weighted by Crippen LogP contribution is 2.25. The summed E-state index contributed by atoms with van der Waals surface area (Å²) in [5, 5.41) is 16.4. The first-order chi connectivity index (χ1) is 10.6. The average molecular weight is 301 g/mol. The second-order valence-electron chi connectivity index (χ2n) is 5.47. The first-order valence-corrected chi connectivity index (χ1v) is 7.40. The molecule has 2 amide bonds. The quantitative estimate of drug-likeness (QED) is 0.894. The van der Waals surface area contributed by atoms with Crippen LogP contribution in [0.25, 0.3) is 0 Å². The minimum atomic E-state index is -0.171. The van der Waals surface area contributed by atoms with Crippen molar-refractivity contribution in [2.45, 2.75) is 33.2 Å². The van der Waals surface area contributed by atoms with Crippen molar-refractivity contribution in [3.8, 4) is 5.75 Å². The Morgan fingerprint density at radius 3 is 3.05 bits per heavy atom. The van der Waals surface area contributed by atoms with E-state index < -0.39 is 0 Å². The molecule has 0 atom stereocenters. The van der Waals surface area contributed by atoms with Crippen LogP contribution in [0.5, 0.6) is 5.75 Å². The molecule has 1 aromatic carbocycles. The fraction of sp³-hybridized carbons (Fsp3) is 0.375. The van der Waals surface area contributed by atoms with Crippen molar-refractivity contribution in [2.75, 3.05) is 11.9 Å². The van der Waals surface area contributed by atoms with Crippen molar-refractivity contribution in [1.82, 2.24) is 10.1 Å². The van der Waals surface area contributed by atoms with Crippen LogP contribution in [0.1, 0.15) is 29.5 Å². The molecule has 0 unspecified atom stereocenters. The maximum atomic E-state index is 12.5. The van der Waals surface area contributed by atoms with E-state index in [0.29, 0.717) is 36.7 Å². The number of phenols is 1. The second-order valence-corrected chi connectivity index (χ2v) is 5.47. The predicted molar refractivity (Wildman–Crippen MR) is 81.9 cm³/mol. The Labute approximate surface area is 128 Å². The summed E-state index contributed by atoms with van der Waals surface area (Å²) >= 11 is 0.